The van der Waals surface area contributed by atoms with Crippen LogP contribution in [0.1, 0.15) is 16.5 Å². The van der Waals surface area contributed by atoms with Crippen molar-refractivity contribution in [2.75, 3.05) is 23.8 Å². The van der Waals surface area contributed by atoms with Crippen LogP contribution in [0.15, 0.2) is 34.1 Å². The van der Waals surface area contributed by atoms with Gasteiger partial charge >= 0.3 is 0 Å². The van der Waals surface area contributed by atoms with Gasteiger partial charge < -0.3 is 15.3 Å². The number of likely N-dealkylation sites (N-methyl/N-ethyl adjacent to an activating group) is 1. The summed E-state index contributed by atoms with van der Waals surface area (Å²) in [6.45, 7) is 0.883. The number of anilines is 2. The van der Waals surface area contributed by atoms with E-state index < -0.39 is 6.10 Å². The van der Waals surface area contributed by atoms with Crippen LogP contribution in [0.3, 0.4) is 0 Å². The lowest BCUT2D eigenvalue weighted by atomic mass is 10.1. The predicted octanol–water partition coefficient (Wildman–Crippen LogP) is 3.18. The van der Waals surface area contributed by atoms with Gasteiger partial charge in [-0.15, -0.1) is 11.3 Å². The predicted molar refractivity (Wildman–Crippen MR) is 89.0 cm³/mol. The Kier molecular flexibility index (Phi) is 4.01. The molecule has 1 atom stereocenters. The monoisotopic (exact) mass is 366 g/mol. The van der Waals surface area contributed by atoms with Crippen molar-refractivity contribution in [2.45, 2.75) is 12.5 Å². The van der Waals surface area contributed by atoms with Crippen LogP contribution in [0.2, 0.25) is 0 Å². The van der Waals surface area contributed by atoms with Crippen LogP contribution in [0.25, 0.3) is 0 Å². The molecule has 1 aliphatic heterocycles. The maximum atomic E-state index is 11.5. The van der Waals surface area contributed by atoms with Crippen LogP contribution in [-0.4, -0.2) is 24.6 Å². The number of hydrogen-bond donors (Lipinski definition) is 2. The van der Waals surface area contributed by atoms with Crippen molar-refractivity contribution in [1.82, 2.24) is 0 Å². The number of aliphatic hydroxyl groups is 1. The number of aliphatic hydroxyl groups excluding tert-OH is 1. The lowest BCUT2D eigenvalue weighted by Crippen LogP contribution is -2.20. The van der Waals surface area contributed by atoms with E-state index in [9.17, 15) is 9.90 Å². The molecule has 2 aromatic rings. The molecule has 4 nitrogen and oxygen atoms in total. The minimum atomic E-state index is -1.07. The average Bonchev–Trinajstić information content (AvgIpc) is 3.06. The molecular weight excluding hydrogens is 352 g/mol. The first kappa shape index (κ1) is 14.6. The largest absolute Gasteiger partial charge is 0.378 e. The molecule has 0 saturated heterocycles. The zero-order chi connectivity index (χ0) is 15.0. The first-order valence-corrected chi connectivity index (χ1v) is 8.29. The number of rotatable bonds is 4. The summed E-state index contributed by atoms with van der Waals surface area (Å²) >= 11 is 5.28. The molecular formula is C15H15BrN2O2S. The molecule has 2 heterocycles. The summed E-state index contributed by atoms with van der Waals surface area (Å²) in [4.78, 5) is 15.0. The van der Waals surface area contributed by atoms with Crippen molar-refractivity contribution >= 4 is 44.5 Å². The van der Waals surface area contributed by atoms with E-state index in [-0.39, 0.29) is 5.91 Å². The van der Waals surface area contributed by atoms with Crippen LogP contribution in [0.5, 0.6) is 0 Å². The second-order valence-corrected chi connectivity index (χ2v) is 6.92. The Bertz CT molecular complexity index is 673. The summed E-state index contributed by atoms with van der Waals surface area (Å²) in [5.41, 5.74) is 2.32. The molecule has 0 fully saturated rings. The zero-order valence-electron chi connectivity index (χ0n) is 11.5. The van der Waals surface area contributed by atoms with E-state index in [1.807, 2.05) is 19.2 Å². The van der Waals surface area contributed by atoms with Gasteiger partial charge in [0.2, 0.25) is 0 Å². The van der Waals surface area contributed by atoms with Crippen molar-refractivity contribution in [3.63, 3.8) is 0 Å². The standard InChI is InChI=1S/C15H15BrN2O2S/c1-18(5-4-9-3-2-6-21-9)13-8-12-10(7-11(13)16)14(19)15(20)17-12/h2-3,6-8,14,19H,4-5H2,1H3,(H,17,20). The number of carbonyl (C=O) groups is 1. The van der Waals surface area contributed by atoms with Crippen LogP contribution < -0.4 is 10.2 Å². The Morgan fingerprint density at radius 2 is 2.29 bits per heavy atom. The number of nitrogens with zero attached hydrogens (tertiary/aromatic N) is 1. The molecule has 0 bridgehead atoms. The summed E-state index contributed by atoms with van der Waals surface area (Å²) in [5, 5.41) is 14.6. The van der Waals surface area contributed by atoms with Crippen molar-refractivity contribution in [2.24, 2.45) is 0 Å². The van der Waals surface area contributed by atoms with Crippen molar-refractivity contribution in [1.29, 1.82) is 0 Å². The van der Waals surface area contributed by atoms with Gasteiger partial charge in [-0.05, 0) is 45.9 Å². The average molecular weight is 367 g/mol. The van der Waals surface area contributed by atoms with E-state index in [1.54, 1.807) is 11.3 Å². The second kappa shape index (κ2) is 5.79. The topological polar surface area (TPSA) is 52.6 Å². The molecule has 0 radical (unpaired) electrons. The Morgan fingerprint density at radius 3 is 3.00 bits per heavy atom. The van der Waals surface area contributed by atoms with Gasteiger partial charge in [0, 0.05) is 34.2 Å². The van der Waals surface area contributed by atoms with E-state index in [4.69, 9.17) is 0 Å². The van der Waals surface area contributed by atoms with E-state index in [0.717, 1.165) is 23.1 Å². The summed E-state index contributed by atoms with van der Waals surface area (Å²) in [7, 11) is 2.02. The lowest BCUT2D eigenvalue weighted by molar-refractivity contribution is -0.123. The minimum absolute atomic E-state index is 0.365. The highest BCUT2D eigenvalue weighted by molar-refractivity contribution is 9.10. The van der Waals surface area contributed by atoms with Gasteiger partial charge in [-0.2, -0.15) is 0 Å². The summed E-state index contributed by atoms with van der Waals surface area (Å²) in [5.74, 6) is -0.365. The summed E-state index contributed by atoms with van der Waals surface area (Å²) in [6.07, 6.45) is -0.0890. The number of halogens is 1. The summed E-state index contributed by atoms with van der Waals surface area (Å²) in [6, 6.07) is 7.91. The maximum Gasteiger partial charge on any atom is 0.257 e. The van der Waals surface area contributed by atoms with Crippen LogP contribution in [0.4, 0.5) is 11.4 Å². The summed E-state index contributed by atoms with van der Waals surface area (Å²) < 4.78 is 0.880. The molecule has 0 saturated carbocycles. The normalized spacial score (nSPS) is 16.7. The first-order valence-electron chi connectivity index (χ1n) is 6.62. The van der Waals surface area contributed by atoms with Crippen molar-refractivity contribution in [3.05, 3.63) is 44.6 Å². The fourth-order valence-corrected chi connectivity index (χ4v) is 3.76. The van der Waals surface area contributed by atoms with Crippen molar-refractivity contribution in [3.8, 4) is 0 Å². The molecule has 6 heteroatoms. The number of nitrogens with one attached hydrogen (secondary N) is 1. The number of thiophene rings is 1. The van der Waals surface area contributed by atoms with E-state index in [2.05, 4.69) is 43.7 Å². The Balaban J connectivity index is 1.79. The van der Waals surface area contributed by atoms with Crippen LogP contribution in [0, 0.1) is 0 Å². The maximum absolute atomic E-state index is 11.5. The van der Waals surface area contributed by atoms with Crippen molar-refractivity contribution < 1.29 is 9.90 Å². The number of hydrogen-bond acceptors (Lipinski definition) is 4. The molecule has 3 rings (SSSR count). The van der Waals surface area contributed by atoms with Gasteiger partial charge in [0.25, 0.3) is 5.91 Å². The number of carbonyl (C=O) groups excluding carboxylic acids is 1. The molecule has 1 aromatic carbocycles. The lowest BCUT2D eigenvalue weighted by Gasteiger charge is -2.21. The smallest absolute Gasteiger partial charge is 0.257 e. The Morgan fingerprint density at radius 1 is 1.48 bits per heavy atom. The highest BCUT2D eigenvalue weighted by atomic mass is 79.9. The quantitative estimate of drug-likeness (QED) is 0.873. The first-order chi connectivity index (χ1) is 10.1. The number of benzene rings is 1. The van der Waals surface area contributed by atoms with Gasteiger partial charge in [-0.3, -0.25) is 4.79 Å². The van der Waals surface area contributed by atoms with Gasteiger partial charge in [0.05, 0.1) is 5.69 Å². The third-order valence-electron chi connectivity index (χ3n) is 3.60. The molecule has 21 heavy (non-hydrogen) atoms. The molecule has 1 amide bonds. The molecule has 1 unspecified atom stereocenters. The van der Waals surface area contributed by atoms with Crippen LogP contribution >= 0.6 is 27.3 Å². The minimum Gasteiger partial charge on any atom is -0.378 e. The van der Waals surface area contributed by atoms with E-state index in [1.165, 1.54) is 4.88 Å². The number of fused-ring (bicyclic) bond motifs is 1. The number of amides is 1. The highest BCUT2D eigenvalue weighted by Gasteiger charge is 2.29. The van der Waals surface area contributed by atoms with E-state index >= 15 is 0 Å². The third kappa shape index (κ3) is 2.84. The molecule has 2 N–H and O–H groups in total. The van der Waals surface area contributed by atoms with Gasteiger partial charge in [-0.25, -0.2) is 0 Å². The van der Waals surface area contributed by atoms with Gasteiger partial charge in [0.15, 0.2) is 6.10 Å². The molecule has 110 valence electrons. The highest BCUT2D eigenvalue weighted by Crippen LogP contribution is 2.38. The van der Waals surface area contributed by atoms with E-state index in [0.29, 0.717) is 11.3 Å². The Labute approximate surface area is 135 Å². The molecule has 0 spiro atoms. The second-order valence-electron chi connectivity index (χ2n) is 5.03. The van der Waals surface area contributed by atoms with Crippen LogP contribution in [-0.2, 0) is 11.2 Å². The SMILES string of the molecule is CN(CCc1cccs1)c1cc2c(cc1Br)C(O)C(=O)N2. The zero-order valence-corrected chi connectivity index (χ0v) is 13.9. The third-order valence-corrected chi connectivity index (χ3v) is 5.18. The molecule has 1 aliphatic rings. The Hall–Kier alpha value is -1.37. The molecule has 1 aromatic heterocycles. The molecule has 0 aliphatic carbocycles. The fraction of sp³-hybridized carbons (Fsp3) is 0.267. The van der Waals surface area contributed by atoms with Gasteiger partial charge in [0.1, 0.15) is 0 Å². The van der Waals surface area contributed by atoms with Gasteiger partial charge in [-0.1, -0.05) is 6.07 Å². The fourth-order valence-electron chi connectivity index (χ4n) is 2.40.